The van der Waals surface area contributed by atoms with Crippen molar-refractivity contribution in [3.63, 3.8) is 0 Å². The van der Waals surface area contributed by atoms with E-state index in [0.717, 1.165) is 19.3 Å². The normalized spacial score (nSPS) is 67.2. The number of ether oxygens (including phenoxy) is 3. The van der Waals surface area contributed by atoms with Gasteiger partial charge in [-0.3, -0.25) is 0 Å². The molecule has 1 saturated heterocycles. The van der Waals surface area contributed by atoms with Crippen LogP contribution in [0.25, 0.3) is 0 Å². The minimum absolute atomic E-state index is 0.114. The Hall–Kier alpha value is 0.570. The van der Waals surface area contributed by atoms with Crippen molar-refractivity contribution in [3.05, 3.63) is 0 Å². The summed E-state index contributed by atoms with van der Waals surface area (Å²) in [5.41, 5.74) is -0.0691. The van der Waals surface area contributed by atoms with Gasteiger partial charge in [-0.1, -0.05) is 29.0 Å². The van der Waals surface area contributed by atoms with Gasteiger partial charge in [-0.15, -0.1) is 0 Å². The zero-order chi connectivity index (χ0) is 17.2. The maximum absolute atomic E-state index is 10.9. The van der Waals surface area contributed by atoms with Gasteiger partial charge in [0.1, 0.15) is 11.2 Å². The number of methoxy groups -OCH3 is 1. The Balaban J connectivity index is 1.58. The molecule has 0 radical (unpaired) electrons. The average Bonchev–Trinajstić information content (AvgIpc) is 3.18. The molecule has 1 aliphatic heterocycles. The first-order valence-electron chi connectivity index (χ1n) is 10.2. The van der Waals surface area contributed by atoms with Crippen molar-refractivity contribution < 1.29 is 19.3 Å². The molecule has 1 N–H and O–H groups in total. The van der Waals surface area contributed by atoms with Crippen LogP contribution in [0.2, 0.25) is 0 Å². The van der Waals surface area contributed by atoms with Crippen LogP contribution in [0, 0.1) is 29.1 Å². The second-order valence-electron chi connectivity index (χ2n) is 9.75. The van der Waals surface area contributed by atoms with Gasteiger partial charge < -0.3 is 19.3 Å². The van der Waals surface area contributed by atoms with Crippen LogP contribution in [-0.2, 0) is 14.2 Å². The topological polar surface area (TPSA) is 47.9 Å². The molecule has 25 heavy (non-hydrogen) atoms. The lowest BCUT2D eigenvalue weighted by Gasteiger charge is -2.60. The molecular weight excluding hydrogens is 431 g/mol. The predicted octanol–water partition coefficient (Wildman–Crippen LogP) is 3.29. The molecule has 2 spiro atoms. The molecule has 4 bridgehead atoms. The van der Waals surface area contributed by atoms with Gasteiger partial charge in [-0.05, 0) is 62.2 Å². The van der Waals surface area contributed by atoms with Crippen molar-refractivity contribution >= 4 is 22.6 Å². The molecule has 1 heterocycles. The van der Waals surface area contributed by atoms with Crippen molar-refractivity contribution in [2.45, 2.75) is 85.5 Å². The Labute approximate surface area is 163 Å². The molecule has 3 unspecified atom stereocenters. The van der Waals surface area contributed by atoms with Crippen molar-refractivity contribution in [2.24, 2.45) is 29.1 Å². The van der Waals surface area contributed by atoms with Crippen LogP contribution >= 0.6 is 22.6 Å². The molecular formula is C20H29IO4. The highest BCUT2D eigenvalue weighted by Crippen LogP contribution is 2.79. The number of alkyl halides is 1. The summed E-state index contributed by atoms with van der Waals surface area (Å²) in [5, 5.41) is 10.9. The van der Waals surface area contributed by atoms with Gasteiger partial charge in [-0.25, -0.2) is 0 Å². The van der Waals surface area contributed by atoms with Crippen LogP contribution in [-0.4, -0.2) is 45.8 Å². The standard InChI is InChI=1S/C20H29IO4/c1-10-24-19-9-15(23-2)12-7-16(20(19,25-10)17(12)21)18-5-3-4-14(22)13(18)6-11(19)8-18/h10-17,22H,3-9H2,1-2H3/t10?,11-,12+,13?,14-,15-,16?,17-,18-,19-,20-/m0/s1. The number of aliphatic hydroxyl groups excluding tert-OH is 1. The van der Waals surface area contributed by atoms with Crippen molar-refractivity contribution in [2.75, 3.05) is 7.11 Å². The van der Waals surface area contributed by atoms with E-state index in [1.807, 2.05) is 7.11 Å². The predicted molar refractivity (Wildman–Crippen MR) is 100 cm³/mol. The Morgan fingerprint density at radius 3 is 2.84 bits per heavy atom. The van der Waals surface area contributed by atoms with Gasteiger partial charge in [0.05, 0.1) is 12.2 Å². The highest BCUT2D eigenvalue weighted by Gasteiger charge is 2.84. The molecule has 0 aromatic carbocycles. The van der Waals surface area contributed by atoms with E-state index in [9.17, 15) is 5.11 Å². The minimum Gasteiger partial charge on any atom is -0.393 e. The minimum atomic E-state index is -0.196. The summed E-state index contributed by atoms with van der Waals surface area (Å²) < 4.78 is 20.0. The molecule has 6 fully saturated rings. The van der Waals surface area contributed by atoms with Gasteiger partial charge in [0.25, 0.3) is 0 Å². The van der Waals surface area contributed by atoms with Crippen molar-refractivity contribution in [1.29, 1.82) is 0 Å². The van der Waals surface area contributed by atoms with E-state index in [4.69, 9.17) is 14.2 Å². The summed E-state index contributed by atoms with van der Waals surface area (Å²) in [7, 11) is 1.88. The third-order valence-corrected chi connectivity index (χ3v) is 11.2. The number of hydrogen-bond donors (Lipinski definition) is 1. The fraction of sp³-hybridized carbons (Fsp3) is 1.00. The summed E-state index contributed by atoms with van der Waals surface area (Å²) in [6.45, 7) is 2.09. The Bertz CT molecular complexity index is 615. The lowest BCUT2D eigenvalue weighted by atomic mass is 9.50. The van der Waals surface area contributed by atoms with E-state index in [1.165, 1.54) is 25.7 Å². The van der Waals surface area contributed by atoms with Gasteiger partial charge >= 0.3 is 0 Å². The van der Waals surface area contributed by atoms with E-state index < -0.39 is 0 Å². The van der Waals surface area contributed by atoms with Crippen LogP contribution in [0.4, 0.5) is 0 Å². The summed E-state index contributed by atoms with van der Waals surface area (Å²) in [6, 6.07) is 0. The molecule has 5 aliphatic carbocycles. The van der Waals surface area contributed by atoms with Crippen molar-refractivity contribution in [1.82, 2.24) is 0 Å². The largest absolute Gasteiger partial charge is 0.393 e. The number of hydrogen-bond acceptors (Lipinski definition) is 4. The average molecular weight is 460 g/mol. The molecule has 5 saturated carbocycles. The molecule has 6 rings (SSSR count). The SMILES string of the molecule is CO[C@H]1C[C@@]23OC(C)O[C@]24C(C[C@H]1[C@@H]4I)[C@]12CCC[C@H](O)C1C[C@H]3C2. The van der Waals surface area contributed by atoms with Crippen LogP contribution in [0.3, 0.4) is 0 Å². The zero-order valence-corrected chi connectivity index (χ0v) is 17.3. The van der Waals surface area contributed by atoms with E-state index in [1.54, 1.807) is 0 Å². The quantitative estimate of drug-likeness (QED) is 0.482. The first-order chi connectivity index (χ1) is 12.0. The molecule has 0 amide bonds. The number of halogens is 1. The van der Waals surface area contributed by atoms with Crippen LogP contribution in [0.15, 0.2) is 0 Å². The molecule has 0 aromatic rings. The van der Waals surface area contributed by atoms with E-state index in [2.05, 4.69) is 29.5 Å². The smallest absolute Gasteiger partial charge is 0.156 e. The molecule has 0 aromatic heterocycles. The monoisotopic (exact) mass is 460 g/mol. The van der Waals surface area contributed by atoms with Crippen LogP contribution in [0.1, 0.15) is 51.9 Å². The second kappa shape index (κ2) is 4.94. The number of aliphatic hydroxyl groups is 1. The highest BCUT2D eigenvalue weighted by atomic mass is 127. The zero-order valence-electron chi connectivity index (χ0n) is 15.1. The van der Waals surface area contributed by atoms with Gasteiger partial charge in [0.2, 0.25) is 0 Å². The molecule has 4 nitrogen and oxygen atoms in total. The molecule has 140 valence electrons. The lowest BCUT2D eigenvalue weighted by molar-refractivity contribution is -0.193. The van der Waals surface area contributed by atoms with Crippen LogP contribution < -0.4 is 0 Å². The van der Waals surface area contributed by atoms with E-state index >= 15 is 0 Å². The highest BCUT2D eigenvalue weighted by molar-refractivity contribution is 14.1. The maximum Gasteiger partial charge on any atom is 0.156 e. The fourth-order valence-corrected chi connectivity index (χ4v) is 10.7. The molecule has 6 aliphatic rings. The Kier molecular flexibility index (Phi) is 3.26. The van der Waals surface area contributed by atoms with E-state index in [-0.39, 0.29) is 35.1 Å². The van der Waals surface area contributed by atoms with Crippen LogP contribution in [0.5, 0.6) is 0 Å². The summed E-state index contributed by atoms with van der Waals surface area (Å²) in [4.78, 5) is 0. The molecule has 5 heteroatoms. The first-order valence-corrected chi connectivity index (χ1v) is 11.4. The fourth-order valence-electron chi connectivity index (χ4n) is 8.87. The first kappa shape index (κ1) is 16.5. The summed E-state index contributed by atoms with van der Waals surface area (Å²) >= 11 is 2.68. The number of fused-ring (bicyclic) bond motifs is 2. The maximum atomic E-state index is 10.9. The Morgan fingerprint density at radius 2 is 2.04 bits per heavy atom. The third kappa shape index (κ3) is 1.60. The second-order valence-corrected chi connectivity index (χ2v) is 11.1. The van der Waals surface area contributed by atoms with Gasteiger partial charge in [-0.2, -0.15) is 0 Å². The van der Waals surface area contributed by atoms with Gasteiger partial charge in [0, 0.05) is 23.4 Å². The lowest BCUT2D eigenvalue weighted by Crippen LogP contribution is -2.70. The number of rotatable bonds is 1. The summed E-state index contributed by atoms with van der Waals surface area (Å²) in [6.07, 6.45) is 8.04. The Morgan fingerprint density at radius 1 is 1.20 bits per heavy atom. The van der Waals surface area contributed by atoms with Gasteiger partial charge in [0.15, 0.2) is 6.29 Å². The molecule has 11 atom stereocenters. The van der Waals surface area contributed by atoms with E-state index in [0.29, 0.717) is 27.6 Å². The summed E-state index contributed by atoms with van der Waals surface area (Å²) in [5.74, 6) is 2.06. The van der Waals surface area contributed by atoms with Crippen molar-refractivity contribution in [3.8, 4) is 0 Å². The third-order valence-electron chi connectivity index (χ3n) is 9.36.